The first-order valence-corrected chi connectivity index (χ1v) is 5.20. The largest absolute Gasteiger partial charge is 0.475 e. The third-order valence-electron chi connectivity index (χ3n) is 2.28. The number of hydrazine groups is 1. The molecule has 0 saturated carbocycles. The van der Waals surface area contributed by atoms with Crippen LogP contribution >= 0.6 is 0 Å². The van der Waals surface area contributed by atoms with Crippen LogP contribution < -0.4 is 16.2 Å². The van der Waals surface area contributed by atoms with E-state index in [1.807, 2.05) is 19.2 Å². The van der Waals surface area contributed by atoms with Crippen LogP contribution in [0.2, 0.25) is 0 Å². The van der Waals surface area contributed by atoms with Crippen molar-refractivity contribution in [1.29, 1.82) is 0 Å². The predicted octanol–water partition coefficient (Wildman–Crippen LogP) is -0.156. The molecule has 5 nitrogen and oxygen atoms in total. The molecule has 1 unspecified atom stereocenters. The number of allylic oxidation sites excluding steroid dienone is 2. The summed E-state index contributed by atoms with van der Waals surface area (Å²) in [6.45, 7) is 5.13. The van der Waals surface area contributed by atoms with Gasteiger partial charge in [0.25, 0.3) is 0 Å². The fourth-order valence-corrected chi connectivity index (χ4v) is 1.49. The Kier molecular flexibility index (Phi) is 3.47. The molecule has 0 aromatic heterocycles. The maximum Gasteiger partial charge on any atom is 0.205 e. The van der Waals surface area contributed by atoms with Gasteiger partial charge in [-0.3, -0.25) is 5.43 Å². The van der Waals surface area contributed by atoms with Gasteiger partial charge in [-0.15, -0.1) is 0 Å². The Morgan fingerprint density at radius 2 is 2.53 bits per heavy atom. The smallest absolute Gasteiger partial charge is 0.205 e. The molecule has 1 saturated heterocycles. The number of ether oxygens (including phenoxy) is 2. The Balaban J connectivity index is 1.75. The maximum absolute atomic E-state index is 5.57. The van der Waals surface area contributed by atoms with Gasteiger partial charge < -0.3 is 20.2 Å². The number of morpholine rings is 1. The van der Waals surface area contributed by atoms with E-state index in [-0.39, 0.29) is 6.10 Å². The van der Waals surface area contributed by atoms with Gasteiger partial charge in [-0.2, -0.15) is 0 Å². The van der Waals surface area contributed by atoms with Gasteiger partial charge in [0.05, 0.1) is 6.61 Å². The van der Waals surface area contributed by atoms with E-state index in [9.17, 15) is 0 Å². The maximum atomic E-state index is 5.57. The first-order valence-electron chi connectivity index (χ1n) is 5.20. The van der Waals surface area contributed by atoms with Crippen LogP contribution in [0.5, 0.6) is 0 Å². The Bertz CT molecular complexity index is 270. The van der Waals surface area contributed by atoms with Gasteiger partial charge in [0.1, 0.15) is 12.7 Å². The third-order valence-corrected chi connectivity index (χ3v) is 2.28. The van der Waals surface area contributed by atoms with E-state index in [1.165, 1.54) is 0 Å². The molecule has 0 radical (unpaired) electrons. The summed E-state index contributed by atoms with van der Waals surface area (Å²) in [6.07, 6.45) is 3.98. The van der Waals surface area contributed by atoms with Crippen molar-refractivity contribution in [1.82, 2.24) is 16.2 Å². The highest BCUT2D eigenvalue weighted by atomic mass is 16.5. The molecule has 0 spiro atoms. The van der Waals surface area contributed by atoms with E-state index in [4.69, 9.17) is 9.47 Å². The predicted molar refractivity (Wildman–Crippen MR) is 56.7 cm³/mol. The molecular weight excluding hydrogens is 194 g/mol. The Labute approximate surface area is 89.5 Å². The lowest BCUT2D eigenvalue weighted by Gasteiger charge is -2.25. The van der Waals surface area contributed by atoms with Crippen LogP contribution in [0, 0.1) is 0 Å². The van der Waals surface area contributed by atoms with Crippen molar-refractivity contribution in [3.8, 4) is 0 Å². The van der Waals surface area contributed by atoms with Crippen molar-refractivity contribution in [2.45, 2.75) is 13.0 Å². The van der Waals surface area contributed by atoms with E-state index in [2.05, 4.69) is 16.2 Å². The molecule has 2 heterocycles. The van der Waals surface area contributed by atoms with E-state index in [0.29, 0.717) is 6.61 Å². The van der Waals surface area contributed by atoms with Gasteiger partial charge in [0.2, 0.25) is 5.88 Å². The summed E-state index contributed by atoms with van der Waals surface area (Å²) < 4.78 is 11.1. The second-order valence-electron chi connectivity index (χ2n) is 3.67. The quantitative estimate of drug-likeness (QED) is 0.606. The molecule has 84 valence electrons. The zero-order valence-electron chi connectivity index (χ0n) is 8.88. The Hall–Kier alpha value is -1.20. The molecule has 2 aliphatic rings. The first kappa shape index (κ1) is 10.3. The van der Waals surface area contributed by atoms with Gasteiger partial charge in [-0.1, -0.05) is 0 Å². The van der Waals surface area contributed by atoms with Crippen LogP contribution in [0.1, 0.15) is 6.92 Å². The second kappa shape index (κ2) is 5.04. The number of rotatable bonds is 3. The summed E-state index contributed by atoms with van der Waals surface area (Å²) in [5.41, 5.74) is 6.97. The molecule has 3 N–H and O–H groups in total. The average Bonchev–Trinajstić information content (AvgIpc) is 2.28. The zero-order chi connectivity index (χ0) is 10.5. The molecule has 2 rings (SSSR count). The fraction of sp³-hybridized carbons (Fsp3) is 0.600. The fourth-order valence-electron chi connectivity index (χ4n) is 1.49. The summed E-state index contributed by atoms with van der Waals surface area (Å²) >= 11 is 0. The number of hydrogen-bond acceptors (Lipinski definition) is 5. The minimum Gasteiger partial charge on any atom is -0.475 e. The van der Waals surface area contributed by atoms with Gasteiger partial charge in [-0.05, 0) is 12.5 Å². The topological polar surface area (TPSA) is 54.5 Å². The highest BCUT2D eigenvalue weighted by Crippen LogP contribution is 2.05. The lowest BCUT2D eigenvalue weighted by Crippen LogP contribution is -2.41. The standard InChI is InChI=1S/C10H17N3O2/c1-8-4-10(13-12-5-8)15-7-9-6-11-2-3-14-9/h4-5,9,11-13H,2-3,6-7H2,1H3. The number of nitrogens with one attached hydrogen (secondary N) is 3. The van der Waals surface area contributed by atoms with Crippen LogP contribution in [0.25, 0.3) is 0 Å². The summed E-state index contributed by atoms with van der Waals surface area (Å²) in [6, 6.07) is 0. The van der Waals surface area contributed by atoms with Crippen LogP contribution in [0.4, 0.5) is 0 Å². The molecule has 0 aromatic rings. The molecule has 1 atom stereocenters. The average molecular weight is 211 g/mol. The summed E-state index contributed by atoms with van der Waals surface area (Å²) in [4.78, 5) is 0. The highest BCUT2D eigenvalue weighted by Gasteiger charge is 2.14. The molecule has 15 heavy (non-hydrogen) atoms. The molecule has 2 aliphatic heterocycles. The van der Waals surface area contributed by atoms with E-state index >= 15 is 0 Å². The minimum absolute atomic E-state index is 0.146. The SMILES string of the molecule is CC1=CNNC(OCC2CNCCO2)=C1. The van der Waals surface area contributed by atoms with Crippen LogP contribution in [-0.4, -0.2) is 32.4 Å². The van der Waals surface area contributed by atoms with Crippen molar-refractivity contribution in [3.05, 3.63) is 23.7 Å². The molecule has 0 aromatic carbocycles. The Morgan fingerprint density at radius 1 is 1.60 bits per heavy atom. The third kappa shape index (κ3) is 3.14. The molecule has 0 amide bonds. The normalized spacial score (nSPS) is 25.8. The van der Waals surface area contributed by atoms with Crippen molar-refractivity contribution < 1.29 is 9.47 Å². The van der Waals surface area contributed by atoms with Crippen molar-refractivity contribution in [3.63, 3.8) is 0 Å². The summed E-state index contributed by atoms with van der Waals surface area (Å²) in [5, 5.41) is 3.26. The van der Waals surface area contributed by atoms with Crippen LogP contribution in [-0.2, 0) is 9.47 Å². The van der Waals surface area contributed by atoms with Crippen molar-refractivity contribution >= 4 is 0 Å². The minimum atomic E-state index is 0.146. The first-order chi connectivity index (χ1) is 7.34. The lowest BCUT2D eigenvalue weighted by atomic mass is 10.3. The zero-order valence-corrected chi connectivity index (χ0v) is 8.88. The lowest BCUT2D eigenvalue weighted by molar-refractivity contribution is -0.0189. The van der Waals surface area contributed by atoms with Gasteiger partial charge in [-0.25, -0.2) is 0 Å². The summed E-state index contributed by atoms with van der Waals surface area (Å²) in [5.74, 6) is 0.740. The van der Waals surface area contributed by atoms with Gasteiger partial charge in [0.15, 0.2) is 0 Å². The van der Waals surface area contributed by atoms with E-state index < -0.39 is 0 Å². The monoisotopic (exact) mass is 211 g/mol. The van der Waals surface area contributed by atoms with E-state index in [0.717, 1.165) is 31.2 Å². The van der Waals surface area contributed by atoms with Crippen molar-refractivity contribution in [2.75, 3.05) is 26.3 Å². The van der Waals surface area contributed by atoms with Crippen LogP contribution in [0.3, 0.4) is 0 Å². The Morgan fingerprint density at radius 3 is 3.27 bits per heavy atom. The van der Waals surface area contributed by atoms with Crippen molar-refractivity contribution in [2.24, 2.45) is 0 Å². The van der Waals surface area contributed by atoms with Gasteiger partial charge in [0, 0.05) is 25.4 Å². The molecule has 5 heteroatoms. The molecule has 0 aliphatic carbocycles. The van der Waals surface area contributed by atoms with Gasteiger partial charge >= 0.3 is 0 Å². The molecular formula is C10H17N3O2. The molecule has 0 bridgehead atoms. The molecule has 1 fully saturated rings. The number of hydrogen-bond donors (Lipinski definition) is 3. The van der Waals surface area contributed by atoms with E-state index in [1.54, 1.807) is 0 Å². The second-order valence-corrected chi connectivity index (χ2v) is 3.67. The summed E-state index contributed by atoms with van der Waals surface area (Å²) in [7, 11) is 0. The van der Waals surface area contributed by atoms with Crippen LogP contribution in [0.15, 0.2) is 23.7 Å². The highest BCUT2D eigenvalue weighted by molar-refractivity contribution is 5.20.